The number of benzene rings is 2. The molecular weight excluding hydrogens is 484 g/mol. The van der Waals surface area contributed by atoms with Gasteiger partial charge in [-0.05, 0) is 87.6 Å². The minimum absolute atomic E-state index is 0.0497. The van der Waals surface area contributed by atoms with Crippen molar-refractivity contribution in [2.75, 3.05) is 4.31 Å². The number of ether oxygens (including phenoxy) is 1. The Morgan fingerprint density at radius 2 is 1.80 bits per heavy atom. The molecule has 0 aliphatic rings. The van der Waals surface area contributed by atoms with Gasteiger partial charge in [0.2, 0.25) is 4.34 Å². The highest BCUT2D eigenvalue weighted by Gasteiger charge is 2.32. The van der Waals surface area contributed by atoms with Crippen LogP contribution in [0.25, 0.3) is 6.08 Å². The molecule has 35 heavy (non-hydrogen) atoms. The first-order chi connectivity index (χ1) is 16.4. The number of carboxylic acid groups (broad SMARTS) is 1. The van der Waals surface area contributed by atoms with Crippen molar-refractivity contribution in [3.8, 4) is 5.75 Å². The summed E-state index contributed by atoms with van der Waals surface area (Å²) in [4.78, 5) is 15.0. The number of sulfonamides is 1. The molecule has 0 unspecified atom stereocenters. The van der Waals surface area contributed by atoms with Gasteiger partial charge in [-0.2, -0.15) is 8.42 Å². The Labute approximate surface area is 210 Å². The first kappa shape index (κ1) is 26.4. The maximum atomic E-state index is 13.6. The van der Waals surface area contributed by atoms with E-state index in [0.29, 0.717) is 17.1 Å². The predicted molar refractivity (Wildman–Crippen MR) is 140 cm³/mol. The molecule has 0 aliphatic heterocycles. The van der Waals surface area contributed by atoms with E-state index in [-0.39, 0.29) is 17.0 Å². The van der Waals surface area contributed by atoms with Crippen LogP contribution in [0.1, 0.15) is 47.4 Å². The first-order valence-corrected chi connectivity index (χ1v) is 13.4. The van der Waals surface area contributed by atoms with E-state index in [9.17, 15) is 13.2 Å². The number of rotatable bonds is 9. The number of aryl methyl sites for hydroxylation is 4. The van der Waals surface area contributed by atoms with Crippen molar-refractivity contribution in [3.05, 3.63) is 75.3 Å². The van der Waals surface area contributed by atoms with Crippen LogP contribution in [0.2, 0.25) is 0 Å². The highest BCUT2D eigenvalue weighted by atomic mass is 32.2. The standard InChI is InChI=1S/C26H30N2O5S2/c1-16(2)28(35(31,32)26-27-20(6)15-34-26)23-12-17(3)18(4)13-24(23)33-14-22-9-7-21(11-19(22)5)8-10-25(29)30/h7-13,15-16H,14H2,1-6H3,(H,29,30)/b10-8+. The average molecular weight is 515 g/mol. The van der Waals surface area contributed by atoms with Crippen molar-refractivity contribution in [1.82, 2.24) is 4.98 Å². The lowest BCUT2D eigenvalue weighted by Crippen LogP contribution is -2.37. The van der Waals surface area contributed by atoms with E-state index >= 15 is 0 Å². The summed E-state index contributed by atoms with van der Waals surface area (Å²) in [7, 11) is -3.89. The zero-order valence-corrected chi connectivity index (χ0v) is 22.3. The van der Waals surface area contributed by atoms with Crippen LogP contribution in [-0.2, 0) is 21.4 Å². The molecule has 0 aliphatic carbocycles. The first-order valence-electron chi connectivity index (χ1n) is 11.1. The summed E-state index contributed by atoms with van der Waals surface area (Å²) < 4.78 is 34.8. The number of anilines is 1. The summed E-state index contributed by atoms with van der Waals surface area (Å²) in [5, 5.41) is 10.6. The SMILES string of the molecule is Cc1csc(S(=O)(=O)N(c2cc(C)c(C)cc2OCc2ccc(/C=C/C(=O)O)cc2C)C(C)C)n1. The Hall–Kier alpha value is -3.17. The molecule has 0 radical (unpaired) electrons. The van der Waals surface area contributed by atoms with Crippen molar-refractivity contribution in [2.24, 2.45) is 0 Å². The average Bonchev–Trinajstić information content (AvgIpc) is 3.21. The van der Waals surface area contributed by atoms with E-state index < -0.39 is 16.0 Å². The lowest BCUT2D eigenvalue weighted by atomic mass is 10.0. The van der Waals surface area contributed by atoms with Crippen LogP contribution in [0.5, 0.6) is 5.75 Å². The Balaban J connectivity index is 1.98. The number of nitrogens with zero attached hydrogens (tertiary/aromatic N) is 2. The summed E-state index contributed by atoms with van der Waals surface area (Å²) in [6, 6.07) is 8.93. The molecule has 0 saturated heterocycles. The topological polar surface area (TPSA) is 96.8 Å². The van der Waals surface area contributed by atoms with E-state index in [0.717, 1.165) is 45.2 Å². The van der Waals surface area contributed by atoms with Crippen LogP contribution in [0.4, 0.5) is 5.69 Å². The summed E-state index contributed by atoms with van der Waals surface area (Å²) >= 11 is 1.11. The van der Waals surface area contributed by atoms with E-state index in [4.69, 9.17) is 9.84 Å². The van der Waals surface area contributed by atoms with E-state index in [1.54, 1.807) is 12.3 Å². The Morgan fingerprint density at radius 3 is 2.37 bits per heavy atom. The maximum absolute atomic E-state index is 13.6. The van der Waals surface area contributed by atoms with Crippen LogP contribution in [0.15, 0.2) is 46.1 Å². The molecule has 2 aromatic carbocycles. The molecule has 3 aromatic rings. The molecule has 0 atom stereocenters. The molecule has 3 rings (SSSR count). The van der Waals surface area contributed by atoms with Gasteiger partial charge in [0, 0.05) is 23.2 Å². The van der Waals surface area contributed by atoms with Crippen molar-refractivity contribution in [2.45, 2.75) is 58.5 Å². The second-order valence-corrected chi connectivity index (χ2v) is 11.5. The molecule has 9 heteroatoms. The largest absolute Gasteiger partial charge is 0.487 e. The number of aromatic nitrogens is 1. The van der Waals surface area contributed by atoms with Crippen LogP contribution in [0, 0.1) is 27.7 Å². The molecule has 1 aromatic heterocycles. The molecule has 186 valence electrons. The van der Waals surface area contributed by atoms with Gasteiger partial charge >= 0.3 is 5.97 Å². The molecule has 1 heterocycles. The second-order valence-electron chi connectivity index (χ2n) is 8.70. The van der Waals surface area contributed by atoms with Gasteiger partial charge in [-0.15, -0.1) is 11.3 Å². The minimum atomic E-state index is -3.89. The Bertz CT molecular complexity index is 1370. The fraction of sp³-hybridized carbons (Fsp3) is 0.308. The summed E-state index contributed by atoms with van der Waals surface area (Å²) in [6.07, 6.45) is 2.63. The zero-order valence-electron chi connectivity index (χ0n) is 20.7. The number of carboxylic acids is 1. The van der Waals surface area contributed by atoms with Gasteiger partial charge in [0.15, 0.2) is 0 Å². The molecule has 0 saturated carbocycles. The van der Waals surface area contributed by atoms with Gasteiger partial charge in [0.05, 0.1) is 5.69 Å². The van der Waals surface area contributed by atoms with Gasteiger partial charge in [-0.25, -0.2) is 9.78 Å². The number of hydrogen-bond donors (Lipinski definition) is 1. The second kappa shape index (κ2) is 10.6. The fourth-order valence-corrected chi connectivity index (χ4v) is 6.37. The third kappa shape index (κ3) is 6.10. The third-order valence-electron chi connectivity index (χ3n) is 5.53. The smallest absolute Gasteiger partial charge is 0.328 e. The fourth-order valence-electron chi connectivity index (χ4n) is 3.59. The molecule has 0 bridgehead atoms. The highest BCUT2D eigenvalue weighted by Crippen LogP contribution is 2.37. The van der Waals surface area contributed by atoms with E-state index in [2.05, 4.69) is 4.98 Å². The minimum Gasteiger partial charge on any atom is -0.487 e. The number of carbonyl (C=O) groups is 1. The van der Waals surface area contributed by atoms with Crippen molar-refractivity contribution < 1.29 is 23.1 Å². The van der Waals surface area contributed by atoms with Crippen molar-refractivity contribution in [1.29, 1.82) is 0 Å². The van der Waals surface area contributed by atoms with Gasteiger partial charge in [-0.3, -0.25) is 4.31 Å². The van der Waals surface area contributed by atoms with Crippen LogP contribution >= 0.6 is 11.3 Å². The van der Waals surface area contributed by atoms with Crippen LogP contribution in [0.3, 0.4) is 0 Å². The third-order valence-corrected chi connectivity index (χ3v) is 8.87. The molecule has 7 nitrogen and oxygen atoms in total. The van der Waals surface area contributed by atoms with Crippen LogP contribution in [-0.4, -0.2) is 30.5 Å². The Morgan fingerprint density at radius 1 is 1.11 bits per heavy atom. The molecule has 0 spiro atoms. The lowest BCUT2D eigenvalue weighted by Gasteiger charge is -2.29. The molecule has 1 N–H and O–H groups in total. The Kier molecular flexibility index (Phi) is 8.02. The number of thiazole rings is 1. The van der Waals surface area contributed by atoms with Gasteiger partial charge in [0.25, 0.3) is 10.0 Å². The van der Waals surface area contributed by atoms with E-state index in [1.165, 1.54) is 10.4 Å². The maximum Gasteiger partial charge on any atom is 0.328 e. The van der Waals surface area contributed by atoms with Crippen LogP contribution < -0.4 is 9.04 Å². The quantitative estimate of drug-likeness (QED) is 0.370. The summed E-state index contributed by atoms with van der Waals surface area (Å²) in [6.45, 7) is 11.5. The van der Waals surface area contributed by atoms with Gasteiger partial charge in [-0.1, -0.05) is 18.2 Å². The van der Waals surface area contributed by atoms with Gasteiger partial charge < -0.3 is 9.84 Å². The highest BCUT2D eigenvalue weighted by molar-refractivity contribution is 7.94. The van der Waals surface area contributed by atoms with E-state index in [1.807, 2.05) is 65.0 Å². The normalized spacial score (nSPS) is 11.9. The van der Waals surface area contributed by atoms with Crippen molar-refractivity contribution >= 4 is 39.1 Å². The van der Waals surface area contributed by atoms with Gasteiger partial charge in [0.1, 0.15) is 12.4 Å². The van der Waals surface area contributed by atoms with Crippen molar-refractivity contribution in [3.63, 3.8) is 0 Å². The lowest BCUT2D eigenvalue weighted by molar-refractivity contribution is -0.131. The molecule has 0 amide bonds. The summed E-state index contributed by atoms with van der Waals surface area (Å²) in [5.74, 6) is -0.539. The monoisotopic (exact) mass is 514 g/mol. The molecule has 0 fully saturated rings. The predicted octanol–water partition coefficient (Wildman–Crippen LogP) is 5.66. The summed E-state index contributed by atoms with van der Waals surface area (Å²) in [5.41, 5.74) is 5.69. The number of aliphatic carboxylic acids is 1. The zero-order chi connectivity index (χ0) is 25.9. The molecular formula is C26H30N2O5S2. The number of hydrogen-bond acceptors (Lipinski definition) is 6.